The Kier molecular flexibility index (Phi) is 10.7. The first-order chi connectivity index (χ1) is 23.0. The van der Waals surface area contributed by atoms with Gasteiger partial charge in [-0.2, -0.15) is 0 Å². The fraction of sp³-hybridized carbons (Fsp3) is 0.447. The van der Waals surface area contributed by atoms with Gasteiger partial charge in [0.1, 0.15) is 11.3 Å². The highest BCUT2D eigenvalue weighted by molar-refractivity contribution is 5.90. The summed E-state index contributed by atoms with van der Waals surface area (Å²) in [6, 6.07) is 11.4. The van der Waals surface area contributed by atoms with E-state index < -0.39 is 47.9 Å². The molecular weight excluding hydrogens is 616 g/mol. The molecular formula is C38H42O10. The zero-order valence-corrected chi connectivity index (χ0v) is 28.0. The highest BCUT2D eigenvalue weighted by Gasteiger charge is 2.52. The van der Waals surface area contributed by atoms with Crippen LogP contribution in [0.25, 0.3) is 11.0 Å². The summed E-state index contributed by atoms with van der Waals surface area (Å²) in [5.74, 6) is 4.87. The number of esters is 2. The number of carbonyl (C=O) groups excluding carboxylic acids is 2. The molecule has 2 aliphatic rings. The fourth-order valence-electron chi connectivity index (χ4n) is 6.67. The number of hydrogen-bond donors (Lipinski definition) is 2. The van der Waals surface area contributed by atoms with E-state index in [0.29, 0.717) is 35.8 Å². The number of aliphatic hydroxyl groups excluding tert-OH is 2. The molecule has 0 amide bonds. The predicted octanol–water partition coefficient (Wildman–Crippen LogP) is 4.98. The maximum Gasteiger partial charge on any atom is 0.340 e. The van der Waals surface area contributed by atoms with Crippen LogP contribution in [-0.2, 0) is 43.2 Å². The van der Waals surface area contributed by atoms with Gasteiger partial charge in [0, 0.05) is 49.5 Å². The third-order valence-corrected chi connectivity index (χ3v) is 9.03. The zero-order valence-electron chi connectivity index (χ0n) is 28.0. The van der Waals surface area contributed by atoms with Gasteiger partial charge in [-0.15, -0.1) is 0 Å². The Morgan fingerprint density at radius 2 is 1.85 bits per heavy atom. The van der Waals surface area contributed by atoms with Gasteiger partial charge >= 0.3 is 17.6 Å². The summed E-state index contributed by atoms with van der Waals surface area (Å²) in [7, 11) is 1.48. The van der Waals surface area contributed by atoms with E-state index in [1.807, 2.05) is 32.0 Å². The molecule has 4 atom stereocenters. The molecule has 0 radical (unpaired) electrons. The van der Waals surface area contributed by atoms with E-state index in [1.165, 1.54) is 14.0 Å². The number of allylic oxidation sites excluding steroid dienone is 1. The van der Waals surface area contributed by atoms with Crippen LogP contribution < -0.4 is 10.4 Å². The Balaban J connectivity index is 1.72. The second-order valence-electron chi connectivity index (χ2n) is 12.7. The molecule has 0 aliphatic carbocycles. The van der Waals surface area contributed by atoms with Gasteiger partial charge in [-0.3, -0.25) is 4.79 Å². The maximum absolute atomic E-state index is 14.0. The first kappa shape index (κ1) is 34.9. The number of methoxy groups -OCH3 is 1. The van der Waals surface area contributed by atoms with Crippen molar-refractivity contribution in [3.8, 4) is 17.6 Å². The second-order valence-corrected chi connectivity index (χ2v) is 12.7. The van der Waals surface area contributed by atoms with Gasteiger partial charge in [0.15, 0.2) is 17.8 Å². The van der Waals surface area contributed by atoms with E-state index in [9.17, 15) is 24.6 Å². The molecule has 0 saturated carbocycles. The summed E-state index contributed by atoms with van der Waals surface area (Å²) < 4.78 is 30.1. The monoisotopic (exact) mass is 658 g/mol. The van der Waals surface area contributed by atoms with E-state index in [0.717, 1.165) is 16.7 Å². The number of ether oxygens (including phenoxy) is 4. The number of fused-ring (bicyclic) bond motifs is 6. The van der Waals surface area contributed by atoms with Gasteiger partial charge in [0.25, 0.3) is 0 Å². The topological polar surface area (TPSA) is 142 Å². The van der Waals surface area contributed by atoms with E-state index in [2.05, 4.69) is 17.9 Å². The van der Waals surface area contributed by atoms with Gasteiger partial charge in [0.05, 0.1) is 25.2 Å². The second kappa shape index (κ2) is 14.8. The van der Waals surface area contributed by atoms with Crippen LogP contribution in [0.4, 0.5) is 0 Å². The Bertz CT molecular complexity index is 1850. The molecule has 2 aromatic carbocycles. The molecule has 1 aromatic heterocycles. The van der Waals surface area contributed by atoms with Crippen LogP contribution in [0.2, 0.25) is 0 Å². The summed E-state index contributed by atoms with van der Waals surface area (Å²) in [6.45, 7) is 6.08. The summed E-state index contributed by atoms with van der Waals surface area (Å²) in [5.41, 5.74) is 2.08. The fourth-order valence-corrected chi connectivity index (χ4v) is 6.67. The van der Waals surface area contributed by atoms with Crippen molar-refractivity contribution in [2.45, 2.75) is 90.1 Å². The third-order valence-electron chi connectivity index (χ3n) is 9.03. The Morgan fingerprint density at radius 3 is 2.54 bits per heavy atom. The standard InChI is InChI=1S/C38H42O10/c1-22(2)27-13-12-25-11-8-10-24(19-25)9-6-7-17-38(4)35(47-36(27)42)34(45-23(3)41)32-30(48-38)15-14-28-29(20-40)31(37(43)46-33(28)32)26(16-18-39)21-44-5/h8,10-11,14-15,19,26,34-35,39-40H,9,12-13,16-18,20-21H2,1-5H3/t26-,34-,35+,38+/m1/s1. The molecule has 10 nitrogen and oxygen atoms in total. The molecule has 254 valence electrons. The molecule has 0 saturated heterocycles. The van der Waals surface area contributed by atoms with Crippen LogP contribution in [0.1, 0.15) is 86.8 Å². The first-order valence-electron chi connectivity index (χ1n) is 16.1. The van der Waals surface area contributed by atoms with Crippen molar-refractivity contribution in [1.29, 1.82) is 0 Å². The Morgan fingerprint density at radius 1 is 1.08 bits per heavy atom. The van der Waals surface area contributed by atoms with E-state index in [1.54, 1.807) is 19.1 Å². The van der Waals surface area contributed by atoms with Crippen molar-refractivity contribution < 1.29 is 43.2 Å². The minimum atomic E-state index is -1.28. The maximum atomic E-state index is 14.0. The SMILES string of the molecule is COC[C@@H](CCO)c1c(CO)c2ccc3c(c2oc1=O)[C@@H](OC(C)=O)[C@@H]1OC(=O)C(=C(C)C)CCc2cccc(c2)CC#CC[C@]1(C)O3. The molecule has 5 rings (SSSR count). The number of hydrogen-bond acceptors (Lipinski definition) is 10. The lowest BCUT2D eigenvalue weighted by atomic mass is 9.83. The average molecular weight is 659 g/mol. The van der Waals surface area contributed by atoms with Crippen molar-refractivity contribution in [3.63, 3.8) is 0 Å². The number of rotatable bonds is 7. The smallest absolute Gasteiger partial charge is 0.340 e. The normalized spacial score (nSPS) is 21.4. The Hall–Kier alpha value is -4.43. The van der Waals surface area contributed by atoms with Crippen LogP contribution in [0, 0.1) is 11.8 Å². The molecule has 48 heavy (non-hydrogen) atoms. The molecule has 0 unspecified atom stereocenters. The van der Waals surface area contributed by atoms with E-state index in [-0.39, 0.29) is 48.5 Å². The van der Waals surface area contributed by atoms with Gasteiger partial charge in [0.2, 0.25) is 0 Å². The molecule has 2 bridgehead atoms. The minimum Gasteiger partial charge on any atom is -0.482 e. The molecule has 2 N–H and O–H groups in total. The zero-order chi connectivity index (χ0) is 34.6. The number of aryl methyl sites for hydroxylation is 1. The summed E-state index contributed by atoms with van der Waals surface area (Å²) in [6.07, 6.45) is -0.589. The van der Waals surface area contributed by atoms with Crippen molar-refractivity contribution in [3.05, 3.63) is 85.8 Å². The van der Waals surface area contributed by atoms with E-state index >= 15 is 0 Å². The van der Waals surface area contributed by atoms with Crippen molar-refractivity contribution in [2.24, 2.45) is 0 Å². The highest BCUT2D eigenvalue weighted by Crippen LogP contribution is 2.48. The predicted molar refractivity (Wildman–Crippen MR) is 177 cm³/mol. The first-order valence-corrected chi connectivity index (χ1v) is 16.1. The largest absolute Gasteiger partial charge is 0.482 e. The van der Waals surface area contributed by atoms with Gasteiger partial charge in [-0.25, -0.2) is 9.59 Å². The van der Waals surface area contributed by atoms with Gasteiger partial charge in [-0.1, -0.05) is 41.7 Å². The number of carbonyl (C=O) groups is 2. The van der Waals surface area contributed by atoms with Gasteiger partial charge in [-0.05, 0) is 68.9 Å². The number of aliphatic hydroxyl groups is 2. The minimum absolute atomic E-state index is 0.0289. The summed E-state index contributed by atoms with van der Waals surface area (Å²) in [5, 5.41) is 20.6. The van der Waals surface area contributed by atoms with Crippen molar-refractivity contribution >= 4 is 22.9 Å². The third kappa shape index (κ3) is 7.04. The lowest BCUT2D eigenvalue weighted by molar-refractivity contribution is -0.188. The molecule has 3 heterocycles. The van der Waals surface area contributed by atoms with E-state index in [4.69, 9.17) is 23.4 Å². The van der Waals surface area contributed by atoms with Crippen molar-refractivity contribution in [1.82, 2.24) is 0 Å². The number of benzene rings is 2. The molecule has 10 heteroatoms. The molecule has 3 aromatic rings. The molecule has 2 aliphatic heterocycles. The summed E-state index contributed by atoms with van der Waals surface area (Å²) in [4.78, 5) is 40.4. The van der Waals surface area contributed by atoms with Crippen LogP contribution in [0.15, 0.2) is 56.8 Å². The van der Waals surface area contributed by atoms with Crippen molar-refractivity contribution in [2.75, 3.05) is 20.3 Å². The lowest BCUT2D eigenvalue weighted by Gasteiger charge is -2.44. The van der Waals surface area contributed by atoms with Crippen LogP contribution in [-0.4, -0.2) is 54.2 Å². The van der Waals surface area contributed by atoms with Crippen LogP contribution >= 0.6 is 0 Å². The Labute approximate surface area is 279 Å². The van der Waals surface area contributed by atoms with Gasteiger partial charge < -0.3 is 33.6 Å². The van der Waals surface area contributed by atoms with Crippen LogP contribution in [0.5, 0.6) is 5.75 Å². The lowest BCUT2D eigenvalue weighted by Crippen LogP contribution is -2.54. The molecule has 0 fully saturated rings. The quantitative estimate of drug-likeness (QED) is 0.154. The average Bonchev–Trinajstić information content (AvgIpc) is 3.03. The molecule has 0 spiro atoms. The summed E-state index contributed by atoms with van der Waals surface area (Å²) >= 11 is 0. The van der Waals surface area contributed by atoms with Crippen LogP contribution in [0.3, 0.4) is 0 Å². The highest BCUT2D eigenvalue weighted by atomic mass is 16.6.